The average molecular weight is 476 g/mol. The number of halogens is 2. The zero-order valence-electron chi connectivity index (χ0n) is 15.6. The van der Waals surface area contributed by atoms with Crippen LogP contribution in [0.5, 0.6) is 11.8 Å². The molecule has 2 aromatic heterocycles. The molecule has 9 heteroatoms. The summed E-state index contributed by atoms with van der Waals surface area (Å²) < 4.78 is 10.9. The zero-order chi connectivity index (χ0) is 20.7. The molecule has 29 heavy (non-hydrogen) atoms. The average Bonchev–Trinajstić information content (AvgIpc) is 3.06. The van der Waals surface area contributed by atoms with Gasteiger partial charge in [-0.1, -0.05) is 45.7 Å². The molecule has 0 aliphatic carbocycles. The molecule has 7 nitrogen and oxygen atoms in total. The van der Waals surface area contributed by atoms with Crippen LogP contribution in [0.1, 0.15) is 5.56 Å². The summed E-state index contributed by atoms with van der Waals surface area (Å²) in [6, 6.07) is 14.8. The Morgan fingerprint density at radius 3 is 2.41 bits per heavy atom. The minimum atomic E-state index is -0.458. The van der Waals surface area contributed by atoms with Crippen molar-refractivity contribution in [3.8, 4) is 11.8 Å². The number of hydrogen-bond acceptors (Lipinski definition) is 4. The lowest BCUT2D eigenvalue weighted by molar-refractivity contribution is 0.421. The van der Waals surface area contributed by atoms with E-state index in [0.29, 0.717) is 10.8 Å². The minimum Gasteiger partial charge on any atom is -0.425 e. The van der Waals surface area contributed by atoms with Crippen molar-refractivity contribution in [3.63, 3.8) is 0 Å². The predicted octanol–water partition coefficient (Wildman–Crippen LogP) is 3.69. The van der Waals surface area contributed by atoms with Crippen LogP contribution < -0.4 is 16.0 Å². The minimum absolute atomic E-state index is 0.195. The smallest absolute Gasteiger partial charge is 0.332 e. The number of aromatic nitrogens is 4. The summed E-state index contributed by atoms with van der Waals surface area (Å²) in [6.45, 7) is 0.259. The Morgan fingerprint density at radius 1 is 1.03 bits per heavy atom. The van der Waals surface area contributed by atoms with Gasteiger partial charge < -0.3 is 4.74 Å². The van der Waals surface area contributed by atoms with Crippen molar-refractivity contribution in [1.82, 2.24) is 18.7 Å². The molecule has 0 fully saturated rings. The van der Waals surface area contributed by atoms with Crippen LogP contribution in [0, 0.1) is 0 Å². The lowest BCUT2D eigenvalue weighted by atomic mass is 10.2. The molecule has 0 amide bonds. The highest BCUT2D eigenvalue weighted by Gasteiger charge is 2.21. The van der Waals surface area contributed by atoms with Gasteiger partial charge >= 0.3 is 11.7 Å². The van der Waals surface area contributed by atoms with Gasteiger partial charge in [0.2, 0.25) is 0 Å². The van der Waals surface area contributed by atoms with E-state index in [1.807, 2.05) is 30.3 Å². The summed E-state index contributed by atoms with van der Waals surface area (Å²) in [5, 5.41) is 0.561. The predicted molar refractivity (Wildman–Crippen MR) is 115 cm³/mol. The molecule has 148 valence electrons. The maximum atomic E-state index is 12.9. The second-order valence-electron chi connectivity index (χ2n) is 6.51. The number of nitrogens with zero attached hydrogens (tertiary/aromatic N) is 4. The van der Waals surface area contributed by atoms with E-state index in [-0.39, 0.29) is 23.7 Å². The van der Waals surface area contributed by atoms with E-state index in [4.69, 9.17) is 16.3 Å². The molecule has 2 aromatic carbocycles. The van der Waals surface area contributed by atoms with E-state index in [2.05, 4.69) is 20.9 Å². The molecule has 0 radical (unpaired) electrons. The fraction of sp³-hybridized carbons (Fsp3) is 0.150. The maximum Gasteiger partial charge on any atom is 0.332 e. The summed E-state index contributed by atoms with van der Waals surface area (Å²) in [5.41, 5.74) is 0.400. The number of rotatable bonds is 4. The molecule has 0 aliphatic heterocycles. The molecule has 0 N–H and O–H groups in total. The van der Waals surface area contributed by atoms with E-state index in [0.717, 1.165) is 14.6 Å². The number of benzene rings is 2. The van der Waals surface area contributed by atoms with Gasteiger partial charge in [-0.05, 0) is 35.9 Å². The zero-order valence-corrected chi connectivity index (χ0v) is 17.9. The van der Waals surface area contributed by atoms with Crippen LogP contribution in [0.3, 0.4) is 0 Å². The SMILES string of the molecule is Cn1c(=O)c2c(nc(Oc3ccc(Br)cc3)n2Cc2ccccc2Cl)n(C)c1=O. The van der Waals surface area contributed by atoms with E-state index in [9.17, 15) is 9.59 Å². The molecular formula is C20H16BrClN4O3. The van der Waals surface area contributed by atoms with Crippen molar-refractivity contribution in [1.29, 1.82) is 0 Å². The first kappa shape index (κ1) is 19.5. The molecule has 0 saturated carbocycles. The molecule has 4 rings (SSSR count). The van der Waals surface area contributed by atoms with Crippen molar-refractivity contribution in [2.24, 2.45) is 14.1 Å². The van der Waals surface area contributed by atoms with Gasteiger partial charge in [0.15, 0.2) is 11.2 Å². The molecule has 0 unspecified atom stereocenters. The lowest BCUT2D eigenvalue weighted by Gasteiger charge is -2.11. The maximum absolute atomic E-state index is 12.9. The monoisotopic (exact) mass is 474 g/mol. The lowest BCUT2D eigenvalue weighted by Crippen LogP contribution is -2.37. The second kappa shape index (κ2) is 7.53. The van der Waals surface area contributed by atoms with Crippen LogP contribution in [0.15, 0.2) is 62.6 Å². The van der Waals surface area contributed by atoms with Crippen LogP contribution in [-0.2, 0) is 20.6 Å². The van der Waals surface area contributed by atoms with Crippen LogP contribution in [0.25, 0.3) is 11.2 Å². The number of imidazole rings is 1. The van der Waals surface area contributed by atoms with Gasteiger partial charge in [0.1, 0.15) is 5.75 Å². The third kappa shape index (κ3) is 3.49. The van der Waals surface area contributed by atoms with Gasteiger partial charge in [-0.15, -0.1) is 0 Å². The van der Waals surface area contributed by atoms with E-state index < -0.39 is 11.2 Å². The highest BCUT2D eigenvalue weighted by Crippen LogP contribution is 2.27. The Hall–Kier alpha value is -2.84. The Morgan fingerprint density at radius 2 is 1.72 bits per heavy atom. The van der Waals surface area contributed by atoms with Crippen LogP contribution in [-0.4, -0.2) is 18.7 Å². The Kier molecular flexibility index (Phi) is 5.06. The Labute approximate surface area is 178 Å². The van der Waals surface area contributed by atoms with Gasteiger partial charge in [0, 0.05) is 23.6 Å². The van der Waals surface area contributed by atoms with Gasteiger partial charge in [0.05, 0.1) is 6.54 Å². The van der Waals surface area contributed by atoms with Crippen molar-refractivity contribution in [2.75, 3.05) is 0 Å². The van der Waals surface area contributed by atoms with Crippen molar-refractivity contribution in [2.45, 2.75) is 6.54 Å². The van der Waals surface area contributed by atoms with Gasteiger partial charge in [-0.25, -0.2) is 4.79 Å². The van der Waals surface area contributed by atoms with Gasteiger partial charge in [-0.3, -0.25) is 18.5 Å². The highest BCUT2D eigenvalue weighted by molar-refractivity contribution is 9.10. The summed E-state index contributed by atoms with van der Waals surface area (Å²) in [4.78, 5) is 29.7. The summed E-state index contributed by atoms with van der Waals surface area (Å²) in [6.07, 6.45) is 0. The van der Waals surface area contributed by atoms with Gasteiger partial charge in [-0.2, -0.15) is 4.98 Å². The normalized spacial score (nSPS) is 11.2. The summed E-state index contributed by atoms with van der Waals surface area (Å²) in [5.74, 6) is 0.547. The Bertz CT molecular complexity index is 1340. The molecule has 0 aliphatic rings. The largest absolute Gasteiger partial charge is 0.425 e. The van der Waals surface area contributed by atoms with E-state index >= 15 is 0 Å². The quantitative estimate of drug-likeness (QED) is 0.451. The number of hydrogen-bond donors (Lipinski definition) is 0. The van der Waals surface area contributed by atoms with Crippen molar-refractivity contribution >= 4 is 38.7 Å². The number of ether oxygens (including phenoxy) is 1. The fourth-order valence-corrected chi connectivity index (χ4v) is 3.52. The van der Waals surface area contributed by atoms with Crippen molar-refractivity contribution < 1.29 is 4.74 Å². The first-order valence-corrected chi connectivity index (χ1v) is 9.87. The standard InChI is InChI=1S/C20H16BrClN4O3/c1-24-17-16(18(27)25(2)20(24)28)26(11-12-5-3-4-6-15(12)22)19(23-17)29-14-9-7-13(21)8-10-14/h3-10H,11H2,1-2H3. The second-order valence-corrected chi connectivity index (χ2v) is 7.83. The highest BCUT2D eigenvalue weighted by atomic mass is 79.9. The molecule has 0 saturated heterocycles. The third-order valence-electron chi connectivity index (χ3n) is 4.62. The van der Waals surface area contributed by atoms with Crippen LogP contribution >= 0.6 is 27.5 Å². The fourth-order valence-electron chi connectivity index (χ4n) is 3.06. The number of aryl methyl sites for hydroxylation is 1. The first-order valence-electron chi connectivity index (χ1n) is 8.70. The molecule has 4 aromatic rings. The van der Waals surface area contributed by atoms with Crippen molar-refractivity contribution in [3.05, 3.63) is 84.4 Å². The van der Waals surface area contributed by atoms with Crippen LogP contribution in [0.2, 0.25) is 5.02 Å². The Balaban J connectivity index is 1.96. The van der Waals surface area contributed by atoms with Crippen LogP contribution in [0.4, 0.5) is 0 Å². The summed E-state index contributed by atoms with van der Waals surface area (Å²) in [7, 11) is 3.01. The molecule has 0 atom stereocenters. The molecular weight excluding hydrogens is 460 g/mol. The summed E-state index contributed by atoms with van der Waals surface area (Å²) >= 11 is 9.72. The molecule has 0 spiro atoms. The number of fused-ring (bicyclic) bond motifs is 1. The topological polar surface area (TPSA) is 71.1 Å². The molecule has 0 bridgehead atoms. The molecule has 2 heterocycles. The van der Waals surface area contributed by atoms with E-state index in [1.54, 1.807) is 29.8 Å². The van der Waals surface area contributed by atoms with E-state index in [1.165, 1.54) is 11.6 Å². The van der Waals surface area contributed by atoms with Gasteiger partial charge in [0.25, 0.3) is 5.56 Å². The third-order valence-corrected chi connectivity index (χ3v) is 5.52. The first-order chi connectivity index (χ1) is 13.9.